The van der Waals surface area contributed by atoms with E-state index < -0.39 is 30.2 Å². The van der Waals surface area contributed by atoms with Crippen molar-refractivity contribution < 1.29 is 29.0 Å². The van der Waals surface area contributed by atoms with Gasteiger partial charge in [0, 0.05) is 0 Å². The minimum atomic E-state index is -1.46. The number of carboxylic acid groups (broad SMARTS) is 1. The Balaban J connectivity index is 1.82. The van der Waals surface area contributed by atoms with E-state index in [9.17, 15) is 19.5 Å². The molecule has 0 aromatic heterocycles. The number of ether oxygens (including phenoxy) is 2. The molecule has 2 aliphatic carbocycles. The van der Waals surface area contributed by atoms with E-state index in [1.165, 1.54) is 0 Å². The Kier molecular flexibility index (Phi) is 6.86. The molecule has 1 N–H and O–H groups in total. The van der Waals surface area contributed by atoms with E-state index in [-0.39, 0.29) is 12.2 Å². The predicted octanol–water partition coefficient (Wildman–Crippen LogP) is 2.83. The van der Waals surface area contributed by atoms with Crippen LogP contribution in [0.3, 0.4) is 0 Å². The van der Waals surface area contributed by atoms with E-state index in [1.807, 2.05) is 0 Å². The van der Waals surface area contributed by atoms with Gasteiger partial charge < -0.3 is 14.6 Å². The van der Waals surface area contributed by atoms with Gasteiger partial charge in [-0.3, -0.25) is 14.4 Å². The maximum absolute atomic E-state index is 12.1. The van der Waals surface area contributed by atoms with Crippen molar-refractivity contribution in [2.24, 2.45) is 5.92 Å². The molecule has 0 saturated heterocycles. The highest BCUT2D eigenvalue weighted by atomic mass is 16.6. The topological polar surface area (TPSA) is 89.9 Å². The van der Waals surface area contributed by atoms with Gasteiger partial charge in [-0.05, 0) is 51.4 Å². The van der Waals surface area contributed by atoms with Crippen LogP contribution in [0.5, 0.6) is 0 Å². The number of aliphatic carboxylic acids is 1. The average Bonchev–Trinajstić information content (AvgIpc) is 2.54. The van der Waals surface area contributed by atoms with Crippen LogP contribution in [0.2, 0.25) is 0 Å². The molecule has 0 spiro atoms. The lowest BCUT2D eigenvalue weighted by atomic mass is 9.97. The van der Waals surface area contributed by atoms with E-state index >= 15 is 0 Å². The first-order chi connectivity index (χ1) is 11.1. The molecule has 1 atom stereocenters. The van der Waals surface area contributed by atoms with E-state index in [4.69, 9.17) is 9.47 Å². The van der Waals surface area contributed by atoms with Gasteiger partial charge in [-0.2, -0.15) is 0 Å². The van der Waals surface area contributed by atoms with Crippen LogP contribution in [0.25, 0.3) is 0 Å². The second-order valence-electron chi connectivity index (χ2n) is 6.54. The number of esters is 2. The average molecular weight is 326 g/mol. The van der Waals surface area contributed by atoms with Crippen LogP contribution in [0, 0.1) is 5.92 Å². The fourth-order valence-corrected chi connectivity index (χ4v) is 3.28. The Morgan fingerprint density at radius 1 is 0.826 bits per heavy atom. The highest BCUT2D eigenvalue weighted by Crippen LogP contribution is 2.23. The molecule has 130 valence electrons. The molecular formula is C17H26O6. The summed E-state index contributed by atoms with van der Waals surface area (Å²) in [6, 6.07) is 0. The van der Waals surface area contributed by atoms with Crippen molar-refractivity contribution >= 4 is 17.9 Å². The Morgan fingerprint density at radius 3 is 1.78 bits per heavy atom. The third kappa shape index (κ3) is 5.84. The third-order valence-electron chi connectivity index (χ3n) is 4.64. The number of carbonyl (C=O) groups excluding carboxylic acids is 2. The minimum absolute atomic E-state index is 0.139. The van der Waals surface area contributed by atoms with Crippen LogP contribution < -0.4 is 0 Å². The van der Waals surface area contributed by atoms with E-state index in [2.05, 4.69) is 0 Å². The van der Waals surface area contributed by atoms with Crippen LogP contribution in [0.4, 0.5) is 0 Å². The monoisotopic (exact) mass is 326 g/mol. The van der Waals surface area contributed by atoms with E-state index in [1.54, 1.807) is 0 Å². The van der Waals surface area contributed by atoms with Crippen molar-refractivity contribution in [2.45, 2.75) is 82.8 Å². The normalized spacial score (nSPS) is 21.4. The molecular weight excluding hydrogens is 300 g/mol. The fourth-order valence-electron chi connectivity index (χ4n) is 3.28. The largest absolute Gasteiger partial charge is 0.481 e. The Labute approximate surface area is 136 Å². The lowest BCUT2D eigenvalue weighted by Gasteiger charge is -2.24. The summed E-state index contributed by atoms with van der Waals surface area (Å²) in [7, 11) is 0. The van der Waals surface area contributed by atoms with E-state index in [0.29, 0.717) is 0 Å². The second kappa shape index (κ2) is 8.89. The Bertz CT molecular complexity index is 421. The van der Waals surface area contributed by atoms with Crippen LogP contribution in [-0.4, -0.2) is 35.2 Å². The summed E-state index contributed by atoms with van der Waals surface area (Å²) in [5.74, 6) is -4.23. The maximum Gasteiger partial charge on any atom is 0.321 e. The molecule has 23 heavy (non-hydrogen) atoms. The first kappa shape index (κ1) is 17.8. The van der Waals surface area contributed by atoms with Crippen molar-refractivity contribution in [1.29, 1.82) is 0 Å². The fraction of sp³-hybridized carbons (Fsp3) is 0.824. The van der Waals surface area contributed by atoms with Crippen molar-refractivity contribution in [1.82, 2.24) is 0 Å². The van der Waals surface area contributed by atoms with Gasteiger partial charge in [0.15, 0.2) is 5.92 Å². The molecule has 0 aliphatic heterocycles. The lowest BCUT2D eigenvalue weighted by Crippen LogP contribution is -2.33. The number of hydrogen-bond acceptors (Lipinski definition) is 5. The quantitative estimate of drug-likeness (QED) is 0.596. The minimum Gasteiger partial charge on any atom is -0.481 e. The molecule has 2 aliphatic rings. The zero-order chi connectivity index (χ0) is 16.7. The van der Waals surface area contributed by atoms with Gasteiger partial charge >= 0.3 is 17.9 Å². The Hall–Kier alpha value is -1.59. The highest BCUT2D eigenvalue weighted by molar-refractivity contribution is 5.97. The van der Waals surface area contributed by atoms with Crippen LogP contribution >= 0.6 is 0 Å². The molecule has 0 aromatic carbocycles. The lowest BCUT2D eigenvalue weighted by molar-refractivity contribution is -0.169. The number of rotatable bonds is 6. The first-order valence-electron chi connectivity index (χ1n) is 8.69. The van der Waals surface area contributed by atoms with Crippen molar-refractivity contribution in [2.75, 3.05) is 0 Å². The van der Waals surface area contributed by atoms with E-state index in [0.717, 1.165) is 64.2 Å². The zero-order valence-electron chi connectivity index (χ0n) is 13.5. The maximum atomic E-state index is 12.1. The SMILES string of the molecule is O=C(CC(C(=O)O)C(=O)OC1CCCCC1)OC1CCCCC1. The molecule has 6 nitrogen and oxygen atoms in total. The van der Waals surface area contributed by atoms with Crippen LogP contribution in [-0.2, 0) is 23.9 Å². The van der Waals surface area contributed by atoms with Crippen molar-refractivity contribution in [3.05, 3.63) is 0 Å². The van der Waals surface area contributed by atoms with Gasteiger partial charge in [0.1, 0.15) is 12.2 Å². The molecule has 0 amide bonds. The molecule has 6 heteroatoms. The summed E-state index contributed by atoms with van der Waals surface area (Å²) in [6.07, 6.45) is 8.63. The number of carbonyl (C=O) groups is 3. The summed E-state index contributed by atoms with van der Waals surface area (Å²) < 4.78 is 10.6. The molecule has 0 heterocycles. The predicted molar refractivity (Wildman–Crippen MR) is 81.7 cm³/mol. The van der Waals surface area contributed by atoms with Gasteiger partial charge in [-0.15, -0.1) is 0 Å². The van der Waals surface area contributed by atoms with Gasteiger partial charge in [-0.1, -0.05) is 12.8 Å². The number of carboxylic acids is 1. The summed E-state index contributed by atoms with van der Waals surface area (Å²) in [5.41, 5.74) is 0. The van der Waals surface area contributed by atoms with Gasteiger partial charge in [0.05, 0.1) is 6.42 Å². The summed E-state index contributed by atoms with van der Waals surface area (Å²) in [5, 5.41) is 9.22. The number of hydrogen-bond donors (Lipinski definition) is 1. The second-order valence-corrected chi connectivity index (χ2v) is 6.54. The summed E-state index contributed by atoms with van der Waals surface area (Å²) in [4.78, 5) is 35.3. The smallest absolute Gasteiger partial charge is 0.321 e. The van der Waals surface area contributed by atoms with Crippen LogP contribution in [0.1, 0.15) is 70.6 Å². The summed E-state index contributed by atoms with van der Waals surface area (Å²) >= 11 is 0. The van der Waals surface area contributed by atoms with Crippen molar-refractivity contribution in [3.63, 3.8) is 0 Å². The highest BCUT2D eigenvalue weighted by Gasteiger charge is 2.34. The molecule has 0 aromatic rings. The van der Waals surface area contributed by atoms with Crippen molar-refractivity contribution in [3.8, 4) is 0 Å². The Morgan fingerprint density at radius 2 is 1.30 bits per heavy atom. The van der Waals surface area contributed by atoms with Gasteiger partial charge in [0.2, 0.25) is 0 Å². The standard InChI is InChI=1S/C17H26O6/c18-15(22-12-7-3-1-4-8-12)11-14(16(19)20)17(21)23-13-9-5-2-6-10-13/h12-14H,1-11H2,(H,19,20). The molecule has 1 unspecified atom stereocenters. The molecule has 0 bridgehead atoms. The zero-order valence-corrected chi connectivity index (χ0v) is 13.5. The van der Waals surface area contributed by atoms with Crippen LogP contribution in [0.15, 0.2) is 0 Å². The van der Waals surface area contributed by atoms with Gasteiger partial charge in [-0.25, -0.2) is 0 Å². The molecule has 2 fully saturated rings. The molecule has 0 radical (unpaired) electrons. The summed E-state index contributed by atoms with van der Waals surface area (Å²) in [6.45, 7) is 0. The van der Waals surface area contributed by atoms with Gasteiger partial charge in [0.25, 0.3) is 0 Å². The third-order valence-corrected chi connectivity index (χ3v) is 4.64. The molecule has 2 rings (SSSR count). The first-order valence-corrected chi connectivity index (χ1v) is 8.69. The molecule has 2 saturated carbocycles.